The quantitative estimate of drug-likeness (QED) is 0.189. The zero-order valence-electron chi connectivity index (χ0n) is 27.8. The van der Waals surface area contributed by atoms with E-state index in [2.05, 4.69) is 169 Å². The Morgan fingerprint density at radius 3 is 2.00 bits per heavy atom. The van der Waals surface area contributed by atoms with Crippen molar-refractivity contribution in [2.45, 2.75) is 12.8 Å². The van der Waals surface area contributed by atoms with Crippen LogP contribution in [-0.2, 0) is 6.42 Å². The molecule has 1 aliphatic rings. The van der Waals surface area contributed by atoms with Crippen LogP contribution in [0.2, 0.25) is 0 Å². The first-order valence-electron chi connectivity index (χ1n) is 17.7. The van der Waals surface area contributed by atoms with Gasteiger partial charge >= 0.3 is 0 Å². The molecule has 0 spiro atoms. The Bertz CT molecular complexity index is 3040. The van der Waals surface area contributed by atoms with E-state index in [1.54, 1.807) is 0 Å². The van der Waals surface area contributed by atoms with E-state index in [9.17, 15) is 0 Å². The zero-order valence-corrected chi connectivity index (χ0v) is 27.8. The summed E-state index contributed by atoms with van der Waals surface area (Å²) in [4.78, 5) is 2.46. The highest BCUT2D eigenvalue weighted by Crippen LogP contribution is 2.50. The van der Waals surface area contributed by atoms with E-state index < -0.39 is 0 Å². The first-order valence-corrected chi connectivity index (χ1v) is 17.7. The summed E-state index contributed by atoms with van der Waals surface area (Å²) in [5.74, 6) is 1.05. The van der Waals surface area contributed by atoms with Crippen molar-refractivity contribution in [2.24, 2.45) is 0 Å². The standard InChI is InChI=1S/C48H31NO2/c1-2-15-33-29-45-39(28-32(33)14-1)46-37(20-10-24-43(46)50-45)36-19-7-8-21-41(36)49(40-22-9-16-30-12-3-5-17-34(30)40)42-23-11-25-44-47(42)38-27-26-31-13-4-6-18-35(31)48(38)51-44/h1-9,11-23,25-29H,10,24H2. The van der Waals surface area contributed by atoms with Gasteiger partial charge in [0.25, 0.3) is 0 Å². The molecule has 0 aliphatic heterocycles. The predicted molar refractivity (Wildman–Crippen MR) is 213 cm³/mol. The summed E-state index contributed by atoms with van der Waals surface area (Å²) < 4.78 is 13.4. The fourth-order valence-corrected chi connectivity index (χ4v) is 8.41. The van der Waals surface area contributed by atoms with E-state index in [4.69, 9.17) is 8.83 Å². The smallest absolute Gasteiger partial charge is 0.143 e. The second-order valence-electron chi connectivity index (χ2n) is 13.5. The van der Waals surface area contributed by atoms with Gasteiger partial charge in [-0.2, -0.15) is 0 Å². The molecule has 240 valence electrons. The normalized spacial score (nSPS) is 13.1. The van der Waals surface area contributed by atoms with Gasteiger partial charge in [-0.3, -0.25) is 0 Å². The molecule has 3 heteroatoms. The van der Waals surface area contributed by atoms with Gasteiger partial charge in [0.15, 0.2) is 0 Å². The molecule has 0 saturated carbocycles. The fourth-order valence-electron chi connectivity index (χ4n) is 8.41. The molecule has 11 rings (SSSR count). The largest absolute Gasteiger partial charge is 0.460 e. The number of aryl methyl sites for hydroxylation is 1. The third-order valence-corrected chi connectivity index (χ3v) is 10.7. The van der Waals surface area contributed by atoms with E-state index >= 15 is 0 Å². The second-order valence-corrected chi connectivity index (χ2v) is 13.5. The van der Waals surface area contributed by atoms with Gasteiger partial charge in [0.2, 0.25) is 0 Å². The van der Waals surface area contributed by atoms with Crippen LogP contribution in [0.3, 0.4) is 0 Å². The van der Waals surface area contributed by atoms with Crippen LogP contribution in [0.1, 0.15) is 23.3 Å². The minimum Gasteiger partial charge on any atom is -0.460 e. The van der Waals surface area contributed by atoms with Crippen LogP contribution in [-0.4, -0.2) is 0 Å². The predicted octanol–water partition coefficient (Wildman–Crippen LogP) is 13.6. The van der Waals surface area contributed by atoms with E-state index in [1.807, 2.05) is 0 Å². The topological polar surface area (TPSA) is 29.5 Å². The van der Waals surface area contributed by atoms with Crippen LogP contribution >= 0.6 is 0 Å². The minimum atomic E-state index is 0.869. The molecule has 0 bridgehead atoms. The lowest BCUT2D eigenvalue weighted by Gasteiger charge is -2.30. The number of rotatable bonds is 4. The van der Waals surface area contributed by atoms with Crippen LogP contribution in [0, 0.1) is 0 Å². The Morgan fingerprint density at radius 1 is 0.451 bits per heavy atom. The first kappa shape index (κ1) is 28.3. The van der Waals surface area contributed by atoms with Crippen molar-refractivity contribution < 1.29 is 8.83 Å². The summed E-state index contributed by atoms with van der Waals surface area (Å²) in [5, 5.41) is 10.4. The fraction of sp³-hybridized carbons (Fsp3) is 0.0417. The van der Waals surface area contributed by atoms with Crippen molar-refractivity contribution in [3.63, 3.8) is 0 Å². The van der Waals surface area contributed by atoms with Crippen LogP contribution in [0.4, 0.5) is 17.1 Å². The molecule has 0 atom stereocenters. The van der Waals surface area contributed by atoms with E-state index in [1.165, 1.54) is 38.1 Å². The maximum Gasteiger partial charge on any atom is 0.143 e. The van der Waals surface area contributed by atoms with Gasteiger partial charge in [0.1, 0.15) is 22.5 Å². The number of anilines is 3. The minimum absolute atomic E-state index is 0.869. The molecule has 2 aromatic heterocycles. The molecule has 0 fully saturated rings. The highest BCUT2D eigenvalue weighted by atomic mass is 16.3. The van der Waals surface area contributed by atoms with Crippen LogP contribution in [0.15, 0.2) is 173 Å². The van der Waals surface area contributed by atoms with E-state index in [-0.39, 0.29) is 0 Å². The maximum atomic E-state index is 6.73. The number of hydrogen-bond acceptors (Lipinski definition) is 3. The summed E-state index contributed by atoms with van der Waals surface area (Å²) in [6.45, 7) is 0. The van der Waals surface area contributed by atoms with Crippen molar-refractivity contribution in [1.29, 1.82) is 0 Å². The molecule has 10 aromatic rings. The Labute approximate surface area is 294 Å². The average Bonchev–Trinajstić information content (AvgIpc) is 3.76. The molecule has 0 radical (unpaired) electrons. The summed E-state index contributed by atoms with van der Waals surface area (Å²) >= 11 is 0. The van der Waals surface area contributed by atoms with Gasteiger partial charge < -0.3 is 13.7 Å². The highest BCUT2D eigenvalue weighted by Gasteiger charge is 2.28. The van der Waals surface area contributed by atoms with Crippen molar-refractivity contribution in [3.8, 4) is 0 Å². The van der Waals surface area contributed by atoms with Crippen LogP contribution < -0.4 is 4.90 Å². The third-order valence-electron chi connectivity index (χ3n) is 10.7. The Hall–Kier alpha value is -6.58. The Morgan fingerprint density at radius 2 is 1.12 bits per heavy atom. The zero-order chi connectivity index (χ0) is 33.5. The van der Waals surface area contributed by atoms with Crippen LogP contribution in [0.25, 0.3) is 70.8 Å². The molecular weight excluding hydrogens is 623 g/mol. The summed E-state index contributed by atoms with van der Waals surface area (Å²) in [7, 11) is 0. The number of fused-ring (bicyclic) bond motifs is 10. The second kappa shape index (κ2) is 11.0. The average molecular weight is 654 g/mol. The van der Waals surface area contributed by atoms with Gasteiger partial charge in [-0.1, -0.05) is 121 Å². The summed E-state index contributed by atoms with van der Waals surface area (Å²) in [5.41, 5.74) is 9.59. The van der Waals surface area contributed by atoms with E-state index in [0.29, 0.717) is 0 Å². The monoisotopic (exact) mass is 653 g/mol. The van der Waals surface area contributed by atoms with Crippen molar-refractivity contribution in [3.05, 3.63) is 181 Å². The number of nitrogens with zero attached hydrogens (tertiary/aromatic N) is 1. The van der Waals surface area contributed by atoms with Crippen LogP contribution in [0.5, 0.6) is 0 Å². The molecule has 51 heavy (non-hydrogen) atoms. The van der Waals surface area contributed by atoms with Gasteiger partial charge in [-0.05, 0) is 76.0 Å². The van der Waals surface area contributed by atoms with Gasteiger partial charge in [0.05, 0.1) is 22.4 Å². The Kier molecular flexibility index (Phi) is 6.08. The molecule has 0 N–H and O–H groups in total. The van der Waals surface area contributed by atoms with Crippen molar-refractivity contribution in [2.75, 3.05) is 4.90 Å². The summed E-state index contributed by atoms with van der Waals surface area (Å²) in [6, 6.07) is 56.5. The third kappa shape index (κ3) is 4.25. The molecule has 0 amide bonds. The van der Waals surface area contributed by atoms with Gasteiger partial charge in [0, 0.05) is 39.1 Å². The SMILES string of the molecule is C1=C(c2ccccc2N(c2cccc3ccccc23)c2cccc3oc4c5ccccc5ccc4c23)c2c(oc3cc4ccccc4cc23)CC1. The van der Waals surface area contributed by atoms with Crippen molar-refractivity contribution >= 4 is 87.9 Å². The molecule has 0 saturated heterocycles. The molecule has 1 aliphatic carbocycles. The lowest BCUT2D eigenvalue weighted by atomic mass is 9.87. The highest BCUT2D eigenvalue weighted by molar-refractivity contribution is 6.20. The number of furan rings is 2. The van der Waals surface area contributed by atoms with Gasteiger partial charge in [-0.25, -0.2) is 0 Å². The maximum absolute atomic E-state index is 6.73. The first-order chi connectivity index (χ1) is 25.3. The molecule has 0 unspecified atom stereocenters. The number of hydrogen-bond donors (Lipinski definition) is 0. The number of allylic oxidation sites excluding steroid dienone is 1. The lowest BCUT2D eigenvalue weighted by Crippen LogP contribution is -2.13. The number of benzene rings is 8. The molecular formula is C48H31NO2. The van der Waals surface area contributed by atoms with E-state index in [0.717, 1.165) is 79.5 Å². The number of para-hydroxylation sites is 1. The Balaban J connectivity index is 1.21. The lowest BCUT2D eigenvalue weighted by molar-refractivity contribution is 0.546. The van der Waals surface area contributed by atoms with Crippen molar-refractivity contribution in [1.82, 2.24) is 0 Å². The van der Waals surface area contributed by atoms with Gasteiger partial charge in [-0.15, -0.1) is 0 Å². The molecule has 8 aromatic carbocycles. The summed E-state index contributed by atoms with van der Waals surface area (Å²) in [6.07, 6.45) is 4.21. The molecule has 3 nitrogen and oxygen atoms in total. The molecule has 2 heterocycles.